The third-order valence-corrected chi connectivity index (χ3v) is 6.08. The summed E-state index contributed by atoms with van der Waals surface area (Å²) in [6, 6.07) is 19.4. The van der Waals surface area contributed by atoms with Crippen LogP contribution in [0.4, 0.5) is 11.5 Å². The first-order valence-corrected chi connectivity index (χ1v) is 11.5. The average molecular weight is 480 g/mol. The number of benzene rings is 3. The highest BCUT2D eigenvalue weighted by molar-refractivity contribution is 5.86. The van der Waals surface area contributed by atoms with Gasteiger partial charge in [0.05, 0.1) is 0 Å². The third-order valence-electron chi connectivity index (χ3n) is 6.08. The maximum absolute atomic E-state index is 12.7. The van der Waals surface area contributed by atoms with Crippen molar-refractivity contribution in [3.05, 3.63) is 99.5 Å². The second-order valence-corrected chi connectivity index (χ2v) is 8.76. The predicted molar refractivity (Wildman–Crippen MR) is 140 cm³/mol. The molecule has 2 N–H and O–H groups in total. The number of fused-ring (bicyclic) bond motifs is 1. The summed E-state index contributed by atoms with van der Waals surface area (Å²) in [6.45, 7) is 8.01. The van der Waals surface area contributed by atoms with Crippen LogP contribution in [0.25, 0.3) is 22.3 Å². The molecule has 0 aliphatic rings. The van der Waals surface area contributed by atoms with Gasteiger partial charge in [0.1, 0.15) is 39.9 Å². The smallest absolute Gasteiger partial charge is 0.224 e. The van der Waals surface area contributed by atoms with Crippen molar-refractivity contribution in [2.75, 3.05) is 5.32 Å². The van der Waals surface area contributed by atoms with Crippen LogP contribution in [0, 0.1) is 27.7 Å². The van der Waals surface area contributed by atoms with Crippen molar-refractivity contribution >= 4 is 22.5 Å². The van der Waals surface area contributed by atoms with E-state index in [2.05, 4.69) is 48.2 Å². The van der Waals surface area contributed by atoms with Crippen LogP contribution in [-0.4, -0.2) is 15.1 Å². The Morgan fingerprint density at radius 2 is 1.61 bits per heavy atom. The topological polar surface area (TPSA) is 97.5 Å². The molecule has 2 heterocycles. The van der Waals surface area contributed by atoms with Gasteiger partial charge in [-0.2, -0.15) is 4.98 Å². The summed E-state index contributed by atoms with van der Waals surface area (Å²) in [6.07, 6.45) is 0. The van der Waals surface area contributed by atoms with Crippen LogP contribution in [0.15, 0.2) is 75.9 Å². The summed E-state index contributed by atoms with van der Waals surface area (Å²) >= 11 is 0. The largest absolute Gasteiger partial charge is 0.507 e. The lowest BCUT2D eigenvalue weighted by molar-refractivity contribution is 0.445. The molecule has 0 fully saturated rings. The fourth-order valence-electron chi connectivity index (χ4n) is 4.08. The molecule has 0 amide bonds. The van der Waals surface area contributed by atoms with Gasteiger partial charge in [0.25, 0.3) is 0 Å². The van der Waals surface area contributed by atoms with Crippen LogP contribution in [-0.2, 0) is 0 Å². The molecule has 0 saturated carbocycles. The Bertz CT molecular complexity index is 1640. The first kappa shape index (κ1) is 23.1. The van der Waals surface area contributed by atoms with Crippen molar-refractivity contribution in [2.24, 2.45) is 0 Å². The highest BCUT2D eigenvalue weighted by Crippen LogP contribution is 2.33. The van der Waals surface area contributed by atoms with Gasteiger partial charge in [0.2, 0.25) is 5.88 Å². The number of hydrogen-bond donors (Lipinski definition) is 2. The highest BCUT2D eigenvalue weighted by atomic mass is 16.5. The summed E-state index contributed by atoms with van der Waals surface area (Å²) in [5.41, 5.74) is 5.16. The molecule has 5 rings (SSSR count). The van der Waals surface area contributed by atoms with Crippen LogP contribution in [0.5, 0.6) is 17.4 Å². The lowest BCUT2D eigenvalue weighted by Crippen LogP contribution is -2.02. The van der Waals surface area contributed by atoms with Crippen LogP contribution < -0.4 is 15.5 Å². The number of nitrogens with one attached hydrogen (secondary N) is 1. The molecule has 0 spiro atoms. The Labute approximate surface area is 208 Å². The number of ether oxygens (including phenoxy) is 1. The first-order valence-electron chi connectivity index (χ1n) is 11.5. The first-order chi connectivity index (χ1) is 17.3. The zero-order valence-electron chi connectivity index (χ0n) is 20.4. The fraction of sp³-hybridized carbons (Fsp3) is 0.138. The number of anilines is 2. The number of aromatic hydroxyl groups is 1. The van der Waals surface area contributed by atoms with Crippen molar-refractivity contribution in [2.45, 2.75) is 27.7 Å². The second-order valence-electron chi connectivity index (χ2n) is 8.76. The van der Waals surface area contributed by atoms with Gasteiger partial charge in [-0.25, -0.2) is 4.98 Å². The molecule has 180 valence electrons. The molecular formula is C29H25N3O4. The molecule has 0 unspecified atom stereocenters. The van der Waals surface area contributed by atoms with Gasteiger partial charge >= 0.3 is 0 Å². The minimum Gasteiger partial charge on any atom is -0.507 e. The van der Waals surface area contributed by atoms with Crippen LogP contribution in [0.1, 0.15) is 22.5 Å². The van der Waals surface area contributed by atoms with Gasteiger partial charge in [0.15, 0.2) is 5.43 Å². The van der Waals surface area contributed by atoms with Gasteiger partial charge in [-0.15, -0.1) is 0 Å². The molecule has 0 aliphatic carbocycles. The minimum atomic E-state index is -0.341. The van der Waals surface area contributed by atoms with Crippen molar-refractivity contribution in [1.29, 1.82) is 0 Å². The zero-order chi connectivity index (χ0) is 25.4. The van der Waals surface area contributed by atoms with Gasteiger partial charge in [-0.3, -0.25) is 4.79 Å². The highest BCUT2D eigenvalue weighted by Gasteiger charge is 2.14. The predicted octanol–water partition coefficient (Wildman–Crippen LogP) is 6.73. The Morgan fingerprint density at radius 3 is 2.33 bits per heavy atom. The Kier molecular flexibility index (Phi) is 5.90. The maximum Gasteiger partial charge on any atom is 0.224 e. The van der Waals surface area contributed by atoms with Crippen molar-refractivity contribution < 1.29 is 14.3 Å². The zero-order valence-corrected chi connectivity index (χ0v) is 20.4. The lowest BCUT2D eigenvalue weighted by atomic mass is 10.0. The molecule has 3 aromatic carbocycles. The molecule has 0 radical (unpaired) electrons. The molecule has 2 aromatic heterocycles. The summed E-state index contributed by atoms with van der Waals surface area (Å²) in [4.78, 5) is 21.5. The van der Waals surface area contributed by atoms with E-state index in [0.717, 1.165) is 11.3 Å². The van der Waals surface area contributed by atoms with E-state index in [-0.39, 0.29) is 33.8 Å². The molecule has 0 bridgehead atoms. The SMILES string of the molecule is Cc1nc(Nc2cc(C)c(C)c(C)c2)cc(Oc2cc(O)c3c(=O)cc(-c4ccccc4)oc3c2)n1. The van der Waals surface area contributed by atoms with E-state index in [1.54, 1.807) is 19.1 Å². The number of nitrogens with zero attached hydrogens (tertiary/aromatic N) is 2. The van der Waals surface area contributed by atoms with Gasteiger partial charge < -0.3 is 19.6 Å². The summed E-state index contributed by atoms with van der Waals surface area (Å²) in [5.74, 6) is 1.81. The van der Waals surface area contributed by atoms with Crippen molar-refractivity contribution in [1.82, 2.24) is 9.97 Å². The van der Waals surface area contributed by atoms with E-state index in [1.807, 2.05) is 30.3 Å². The van der Waals surface area contributed by atoms with Crippen LogP contribution >= 0.6 is 0 Å². The average Bonchev–Trinajstić information content (AvgIpc) is 2.82. The quantitative estimate of drug-likeness (QED) is 0.289. The molecule has 0 atom stereocenters. The molecule has 7 nitrogen and oxygen atoms in total. The van der Waals surface area contributed by atoms with Crippen LogP contribution in [0.2, 0.25) is 0 Å². The van der Waals surface area contributed by atoms with Gasteiger partial charge in [-0.1, -0.05) is 30.3 Å². The molecule has 7 heteroatoms. The normalized spacial score (nSPS) is 11.0. The maximum atomic E-state index is 12.7. The van der Waals surface area contributed by atoms with E-state index in [4.69, 9.17) is 9.15 Å². The number of hydrogen-bond acceptors (Lipinski definition) is 7. The number of aryl methyl sites for hydroxylation is 3. The molecule has 36 heavy (non-hydrogen) atoms. The lowest BCUT2D eigenvalue weighted by Gasteiger charge is -2.13. The van der Waals surface area contributed by atoms with E-state index >= 15 is 0 Å². The summed E-state index contributed by atoms with van der Waals surface area (Å²) < 4.78 is 11.9. The Hall–Kier alpha value is -4.65. The number of phenols is 1. The standard InChI is InChI=1S/C29H25N3O4/c1-16-10-21(11-17(2)18(16)3)32-27-15-28(31-19(4)30-27)35-22-12-23(33)29-24(34)14-25(36-26(29)13-22)20-8-6-5-7-9-20/h5-15,33H,1-4H3,(H,30,31,32). The molecule has 5 aromatic rings. The van der Waals surface area contributed by atoms with Crippen molar-refractivity contribution in [3.63, 3.8) is 0 Å². The van der Waals surface area contributed by atoms with Crippen LogP contribution in [0.3, 0.4) is 0 Å². The van der Waals surface area contributed by atoms with Crippen molar-refractivity contribution in [3.8, 4) is 28.7 Å². The van der Waals surface area contributed by atoms with E-state index in [0.29, 0.717) is 17.4 Å². The van der Waals surface area contributed by atoms with E-state index < -0.39 is 0 Å². The van der Waals surface area contributed by atoms with Gasteiger partial charge in [0, 0.05) is 35.5 Å². The summed E-state index contributed by atoms with van der Waals surface area (Å²) in [7, 11) is 0. The van der Waals surface area contributed by atoms with E-state index in [1.165, 1.54) is 28.8 Å². The number of phenolic OH excluding ortho intramolecular Hbond substituents is 1. The number of rotatable bonds is 5. The monoisotopic (exact) mass is 479 g/mol. The number of aromatic nitrogens is 2. The Morgan fingerprint density at radius 1 is 0.889 bits per heavy atom. The molecule has 0 saturated heterocycles. The molecule has 0 aliphatic heterocycles. The minimum absolute atomic E-state index is 0.0911. The molecular weight excluding hydrogens is 454 g/mol. The second kappa shape index (κ2) is 9.19. The Balaban J connectivity index is 1.49. The van der Waals surface area contributed by atoms with E-state index in [9.17, 15) is 9.90 Å². The van der Waals surface area contributed by atoms with Gasteiger partial charge in [-0.05, 0) is 56.5 Å². The summed E-state index contributed by atoms with van der Waals surface area (Å²) in [5, 5.41) is 14.0. The third kappa shape index (κ3) is 4.63. The fourth-order valence-corrected chi connectivity index (χ4v) is 4.08.